The molecule has 1 aromatic rings. The average molecular weight is 315 g/mol. The van der Waals surface area contributed by atoms with Crippen molar-refractivity contribution in [3.63, 3.8) is 0 Å². The van der Waals surface area contributed by atoms with Gasteiger partial charge in [0.2, 0.25) is 0 Å². The molecule has 0 fully saturated rings. The number of hydrogen-bond donors (Lipinski definition) is 3. The smallest absolute Gasteiger partial charge is 0.303 e. The molecule has 1 aromatic carbocycles. The number of amides is 1. The molecule has 0 unspecified atom stereocenters. The summed E-state index contributed by atoms with van der Waals surface area (Å²) in [6, 6.07) is 11.5. The van der Waals surface area contributed by atoms with Crippen molar-refractivity contribution in [1.29, 1.82) is 5.26 Å². The van der Waals surface area contributed by atoms with E-state index < -0.39 is 11.9 Å². The van der Waals surface area contributed by atoms with E-state index in [0.29, 0.717) is 25.9 Å². The Kier molecular flexibility index (Phi) is 8.61. The molecule has 0 saturated heterocycles. The molecule has 0 spiro atoms. The van der Waals surface area contributed by atoms with Crippen molar-refractivity contribution in [2.75, 3.05) is 6.54 Å². The molecule has 0 radical (unpaired) electrons. The van der Waals surface area contributed by atoms with Crippen LogP contribution in [0, 0.1) is 11.3 Å². The van der Waals surface area contributed by atoms with Gasteiger partial charge in [-0.2, -0.15) is 5.26 Å². The second-order valence-electron chi connectivity index (χ2n) is 5.00. The van der Waals surface area contributed by atoms with Gasteiger partial charge < -0.3 is 15.7 Å². The molecule has 0 aliphatic rings. The van der Waals surface area contributed by atoms with Gasteiger partial charge in [0.05, 0.1) is 0 Å². The third-order valence-corrected chi connectivity index (χ3v) is 3.11. The quantitative estimate of drug-likeness (QED) is 0.348. The minimum atomic E-state index is -0.812. The Balaban J connectivity index is 2.27. The van der Waals surface area contributed by atoms with Crippen LogP contribution in [0.1, 0.15) is 31.2 Å². The Bertz CT molecular complexity index is 576. The molecule has 0 aliphatic carbocycles. The van der Waals surface area contributed by atoms with E-state index >= 15 is 0 Å². The summed E-state index contributed by atoms with van der Waals surface area (Å²) < 4.78 is 0. The number of aliphatic carboxylic acids is 1. The SMILES string of the molecule is N#C/C(=C/NCc1ccccc1)C(=O)NCCCCCC(=O)O. The highest BCUT2D eigenvalue weighted by atomic mass is 16.4. The highest BCUT2D eigenvalue weighted by molar-refractivity contribution is 5.97. The molecule has 0 heterocycles. The number of carboxylic acid groups (broad SMARTS) is 1. The van der Waals surface area contributed by atoms with Crippen molar-refractivity contribution >= 4 is 11.9 Å². The first-order chi connectivity index (χ1) is 11.1. The molecule has 23 heavy (non-hydrogen) atoms. The molecule has 6 nitrogen and oxygen atoms in total. The van der Waals surface area contributed by atoms with Gasteiger partial charge in [0.25, 0.3) is 5.91 Å². The maximum absolute atomic E-state index is 11.8. The topological polar surface area (TPSA) is 102 Å². The van der Waals surface area contributed by atoms with E-state index in [1.54, 1.807) is 0 Å². The van der Waals surface area contributed by atoms with E-state index in [2.05, 4.69) is 10.6 Å². The third kappa shape index (κ3) is 8.27. The molecule has 0 aliphatic heterocycles. The predicted octanol–water partition coefficient (Wildman–Crippen LogP) is 1.94. The fourth-order valence-corrected chi connectivity index (χ4v) is 1.89. The predicted molar refractivity (Wildman–Crippen MR) is 86.1 cm³/mol. The van der Waals surface area contributed by atoms with Crippen LogP contribution >= 0.6 is 0 Å². The number of rotatable bonds is 10. The Morgan fingerprint density at radius 3 is 2.57 bits per heavy atom. The second kappa shape index (κ2) is 10.9. The fourth-order valence-electron chi connectivity index (χ4n) is 1.89. The molecule has 0 atom stereocenters. The van der Waals surface area contributed by atoms with Crippen LogP contribution in [0.25, 0.3) is 0 Å². The lowest BCUT2D eigenvalue weighted by molar-refractivity contribution is -0.137. The summed E-state index contributed by atoms with van der Waals surface area (Å²) in [5.74, 6) is -1.24. The summed E-state index contributed by atoms with van der Waals surface area (Å²) >= 11 is 0. The molecular weight excluding hydrogens is 294 g/mol. The normalized spacial score (nSPS) is 10.7. The molecule has 3 N–H and O–H groups in total. The van der Waals surface area contributed by atoms with Gasteiger partial charge in [-0.1, -0.05) is 36.8 Å². The lowest BCUT2D eigenvalue weighted by Crippen LogP contribution is -2.26. The van der Waals surface area contributed by atoms with Crippen LogP contribution in [-0.4, -0.2) is 23.5 Å². The summed E-state index contributed by atoms with van der Waals surface area (Å²) in [6.45, 7) is 0.963. The molecule has 0 saturated carbocycles. The molecule has 122 valence electrons. The summed E-state index contributed by atoms with van der Waals surface area (Å²) in [5.41, 5.74) is 1.08. The maximum Gasteiger partial charge on any atom is 0.303 e. The number of unbranched alkanes of at least 4 members (excludes halogenated alkanes) is 2. The van der Waals surface area contributed by atoms with Crippen LogP contribution < -0.4 is 10.6 Å². The van der Waals surface area contributed by atoms with Crippen LogP contribution in [0.3, 0.4) is 0 Å². The number of carboxylic acids is 1. The van der Waals surface area contributed by atoms with E-state index in [-0.39, 0.29) is 12.0 Å². The lowest BCUT2D eigenvalue weighted by Gasteiger charge is -2.05. The summed E-state index contributed by atoms with van der Waals surface area (Å²) in [7, 11) is 0. The summed E-state index contributed by atoms with van der Waals surface area (Å²) in [6.07, 6.45) is 3.55. The van der Waals surface area contributed by atoms with Gasteiger partial charge in [0.15, 0.2) is 0 Å². The second-order valence-corrected chi connectivity index (χ2v) is 5.00. The van der Waals surface area contributed by atoms with Crippen LogP contribution in [0.15, 0.2) is 42.1 Å². The number of carbonyl (C=O) groups excluding carboxylic acids is 1. The summed E-state index contributed by atoms with van der Waals surface area (Å²) in [5, 5.41) is 23.1. The first kappa shape index (κ1) is 18.2. The molecule has 0 bridgehead atoms. The van der Waals surface area contributed by atoms with Gasteiger partial charge in [0.1, 0.15) is 11.6 Å². The number of nitrogens with one attached hydrogen (secondary N) is 2. The van der Waals surface area contributed by atoms with Crippen molar-refractivity contribution in [3.8, 4) is 6.07 Å². The van der Waals surface area contributed by atoms with Crippen LogP contribution in [0.4, 0.5) is 0 Å². The number of carbonyl (C=O) groups is 2. The molecule has 1 amide bonds. The van der Waals surface area contributed by atoms with Gasteiger partial charge >= 0.3 is 5.97 Å². The zero-order valence-electron chi connectivity index (χ0n) is 12.9. The van der Waals surface area contributed by atoms with Crippen LogP contribution in [0.2, 0.25) is 0 Å². The van der Waals surface area contributed by atoms with Crippen LogP contribution in [0.5, 0.6) is 0 Å². The van der Waals surface area contributed by atoms with Crippen LogP contribution in [-0.2, 0) is 16.1 Å². The minimum Gasteiger partial charge on any atom is -0.481 e. The van der Waals surface area contributed by atoms with Crippen molar-refractivity contribution in [1.82, 2.24) is 10.6 Å². The maximum atomic E-state index is 11.8. The van der Waals surface area contributed by atoms with E-state index in [9.17, 15) is 9.59 Å². The Morgan fingerprint density at radius 2 is 1.91 bits per heavy atom. The number of nitrogens with zero attached hydrogens (tertiary/aromatic N) is 1. The largest absolute Gasteiger partial charge is 0.481 e. The molecule has 1 rings (SSSR count). The number of hydrogen-bond acceptors (Lipinski definition) is 4. The molecular formula is C17H21N3O3. The van der Waals surface area contributed by atoms with Gasteiger partial charge in [-0.15, -0.1) is 0 Å². The Labute approximate surface area is 135 Å². The minimum absolute atomic E-state index is 0.0199. The standard InChI is InChI=1S/C17H21N3O3/c18-11-15(13-19-12-14-7-3-1-4-8-14)17(23)20-10-6-2-5-9-16(21)22/h1,3-4,7-8,13,19H,2,5-6,9-10,12H2,(H,20,23)(H,21,22)/b15-13-. The van der Waals surface area contributed by atoms with Gasteiger partial charge in [-0.3, -0.25) is 9.59 Å². The lowest BCUT2D eigenvalue weighted by atomic mass is 10.2. The average Bonchev–Trinajstić information content (AvgIpc) is 2.55. The first-order valence-corrected chi connectivity index (χ1v) is 7.51. The van der Waals surface area contributed by atoms with Gasteiger partial charge in [-0.05, 0) is 18.4 Å². The highest BCUT2D eigenvalue weighted by Gasteiger charge is 2.07. The molecule has 0 aromatic heterocycles. The number of nitriles is 1. The van der Waals surface area contributed by atoms with Crippen molar-refractivity contribution in [2.24, 2.45) is 0 Å². The Morgan fingerprint density at radius 1 is 1.17 bits per heavy atom. The van der Waals surface area contributed by atoms with E-state index in [4.69, 9.17) is 10.4 Å². The highest BCUT2D eigenvalue weighted by Crippen LogP contribution is 2.00. The van der Waals surface area contributed by atoms with Gasteiger partial charge in [0, 0.05) is 25.7 Å². The van der Waals surface area contributed by atoms with E-state index in [1.165, 1.54) is 6.20 Å². The zero-order valence-corrected chi connectivity index (χ0v) is 12.9. The van der Waals surface area contributed by atoms with E-state index in [1.807, 2.05) is 36.4 Å². The Hall–Kier alpha value is -2.81. The third-order valence-electron chi connectivity index (χ3n) is 3.11. The monoisotopic (exact) mass is 315 g/mol. The first-order valence-electron chi connectivity index (χ1n) is 7.51. The zero-order chi connectivity index (χ0) is 16.9. The van der Waals surface area contributed by atoms with Crippen molar-refractivity contribution in [3.05, 3.63) is 47.7 Å². The summed E-state index contributed by atoms with van der Waals surface area (Å²) in [4.78, 5) is 22.2. The fraction of sp³-hybridized carbons (Fsp3) is 0.353. The van der Waals surface area contributed by atoms with Gasteiger partial charge in [-0.25, -0.2) is 0 Å². The van der Waals surface area contributed by atoms with Crippen molar-refractivity contribution < 1.29 is 14.7 Å². The number of benzene rings is 1. The molecule has 6 heteroatoms. The van der Waals surface area contributed by atoms with E-state index in [0.717, 1.165) is 12.0 Å². The van der Waals surface area contributed by atoms with Crippen molar-refractivity contribution in [2.45, 2.75) is 32.2 Å².